The molecule has 0 radical (unpaired) electrons. The molecule has 0 aliphatic heterocycles. The summed E-state index contributed by atoms with van der Waals surface area (Å²) in [6.07, 6.45) is 0.779. The largest absolute Gasteiger partial charge is 0.352 e. The monoisotopic (exact) mass is 395 g/mol. The minimum absolute atomic E-state index is 0.0119. The van der Waals surface area contributed by atoms with E-state index in [9.17, 15) is 14.4 Å². The van der Waals surface area contributed by atoms with E-state index in [-0.39, 0.29) is 30.7 Å². The molecule has 2 N–H and O–H groups in total. The molecule has 154 valence electrons. The Bertz CT molecular complexity index is 855. The summed E-state index contributed by atoms with van der Waals surface area (Å²) in [6.45, 7) is 6.31. The van der Waals surface area contributed by atoms with E-state index in [4.69, 9.17) is 0 Å². The smallest absolute Gasteiger partial charge is 0.251 e. The lowest BCUT2D eigenvalue weighted by atomic mass is 10.1. The second-order valence-electron chi connectivity index (χ2n) is 7.30. The summed E-state index contributed by atoms with van der Waals surface area (Å²) in [5.41, 5.74) is 4.53. The van der Waals surface area contributed by atoms with Gasteiger partial charge in [-0.2, -0.15) is 0 Å². The van der Waals surface area contributed by atoms with Crippen LogP contribution in [0.3, 0.4) is 0 Å². The van der Waals surface area contributed by atoms with Crippen molar-refractivity contribution in [2.75, 3.05) is 25.5 Å². The first kappa shape index (κ1) is 22.1. The maximum Gasteiger partial charge on any atom is 0.251 e. The lowest BCUT2D eigenvalue weighted by molar-refractivity contribution is -0.133. The minimum atomic E-state index is -0.228. The number of carbonyl (C=O) groups excluding carboxylic acids is 3. The molecule has 2 rings (SSSR count). The van der Waals surface area contributed by atoms with Crippen LogP contribution in [0.15, 0.2) is 42.5 Å². The van der Waals surface area contributed by atoms with Gasteiger partial charge in [0.1, 0.15) is 0 Å². The number of nitrogens with one attached hydrogen (secondary N) is 2. The van der Waals surface area contributed by atoms with Crippen LogP contribution < -0.4 is 10.6 Å². The van der Waals surface area contributed by atoms with Gasteiger partial charge < -0.3 is 15.5 Å². The Kier molecular flexibility index (Phi) is 7.95. The summed E-state index contributed by atoms with van der Waals surface area (Å²) in [4.78, 5) is 38.0. The van der Waals surface area contributed by atoms with Gasteiger partial charge in [-0.25, -0.2) is 0 Å². The van der Waals surface area contributed by atoms with Crippen LogP contribution in [0.1, 0.15) is 39.9 Å². The van der Waals surface area contributed by atoms with Gasteiger partial charge in [0.2, 0.25) is 11.8 Å². The Morgan fingerprint density at radius 1 is 0.966 bits per heavy atom. The van der Waals surface area contributed by atoms with E-state index < -0.39 is 0 Å². The van der Waals surface area contributed by atoms with Crippen LogP contribution in [0.5, 0.6) is 0 Å². The van der Waals surface area contributed by atoms with Crippen molar-refractivity contribution in [2.45, 2.75) is 33.6 Å². The van der Waals surface area contributed by atoms with E-state index in [1.807, 2.05) is 39.0 Å². The number of benzene rings is 2. The third kappa shape index (κ3) is 6.75. The van der Waals surface area contributed by atoms with Gasteiger partial charge in [0.05, 0.1) is 6.54 Å². The average Bonchev–Trinajstić information content (AvgIpc) is 2.68. The van der Waals surface area contributed by atoms with Gasteiger partial charge in [-0.3, -0.25) is 14.4 Å². The molecule has 0 spiro atoms. The Balaban J connectivity index is 1.74. The molecule has 3 amide bonds. The van der Waals surface area contributed by atoms with Crippen LogP contribution in [0, 0.1) is 20.8 Å². The molecule has 0 fully saturated rings. The van der Waals surface area contributed by atoms with E-state index >= 15 is 0 Å². The fourth-order valence-corrected chi connectivity index (χ4v) is 3.18. The van der Waals surface area contributed by atoms with E-state index in [1.165, 1.54) is 4.90 Å². The fraction of sp³-hybridized carbons (Fsp3) is 0.348. The molecule has 0 aromatic heterocycles. The molecule has 0 aliphatic carbocycles. The zero-order chi connectivity index (χ0) is 21.4. The molecule has 0 unspecified atom stereocenters. The summed E-state index contributed by atoms with van der Waals surface area (Å²) in [5.74, 6) is -0.519. The van der Waals surface area contributed by atoms with Crippen molar-refractivity contribution in [1.82, 2.24) is 10.2 Å². The lowest BCUT2D eigenvalue weighted by Gasteiger charge is -2.18. The van der Waals surface area contributed by atoms with Crippen molar-refractivity contribution < 1.29 is 14.4 Å². The highest BCUT2D eigenvalue weighted by atomic mass is 16.2. The second kappa shape index (κ2) is 10.4. The van der Waals surface area contributed by atoms with Gasteiger partial charge in [0, 0.05) is 31.3 Å². The highest BCUT2D eigenvalue weighted by molar-refractivity contribution is 5.96. The SMILES string of the molecule is Cc1cc(C)c(NC(=O)CN(C)C(=O)CCCNC(=O)c2ccccc2)c(C)c1. The molecule has 2 aromatic carbocycles. The van der Waals surface area contributed by atoms with Crippen molar-refractivity contribution in [1.29, 1.82) is 0 Å². The first-order chi connectivity index (χ1) is 13.8. The van der Waals surface area contributed by atoms with Crippen LogP contribution in [0.4, 0.5) is 5.69 Å². The van der Waals surface area contributed by atoms with Gasteiger partial charge in [0.15, 0.2) is 0 Å². The standard InChI is InChI=1S/C23H29N3O3/c1-16-13-17(2)22(18(3)14-16)25-20(27)15-26(4)21(28)11-8-12-24-23(29)19-9-6-5-7-10-19/h5-7,9-10,13-14H,8,11-12,15H2,1-4H3,(H,24,29)(H,25,27). The summed E-state index contributed by atoms with van der Waals surface area (Å²) in [7, 11) is 1.61. The van der Waals surface area contributed by atoms with E-state index in [2.05, 4.69) is 10.6 Å². The molecule has 0 saturated carbocycles. The van der Waals surface area contributed by atoms with Crippen LogP contribution in [-0.2, 0) is 9.59 Å². The van der Waals surface area contributed by atoms with Crippen molar-refractivity contribution in [2.24, 2.45) is 0 Å². The van der Waals surface area contributed by atoms with Gasteiger partial charge in [-0.05, 0) is 50.5 Å². The first-order valence-electron chi connectivity index (χ1n) is 9.73. The van der Waals surface area contributed by atoms with Gasteiger partial charge in [-0.15, -0.1) is 0 Å². The van der Waals surface area contributed by atoms with Crippen LogP contribution >= 0.6 is 0 Å². The Hall–Kier alpha value is -3.15. The summed E-state index contributed by atoms with van der Waals surface area (Å²) >= 11 is 0. The van der Waals surface area contributed by atoms with Crippen molar-refractivity contribution in [3.8, 4) is 0 Å². The third-order valence-corrected chi connectivity index (χ3v) is 4.64. The summed E-state index contributed by atoms with van der Waals surface area (Å²) in [6, 6.07) is 13.0. The highest BCUT2D eigenvalue weighted by Gasteiger charge is 2.15. The molecular formula is C23H29N3O3. The Labute approximate surface area is 172 Å². The van der Waals surface area contributed by atoms with E-state index in [0.717, 1.165) is 22.4 Å². The van der Waals surface area contributed by atoms with Crippen molar-refractivity contribution in [3.63, 3.8) is 0 Å². The highest BCUT2D eigenvalue weighted by Crippen LogP contribution is 2.21. The lowest BCUT2D eigenvalue weighted by Crippen LogP contribution is -2.35. The number of nitrogens with zero attached hydrogens (tertiary/aromatic N) is 1. The number of anilines is 1. The molecule has 2 aromatic rings. The Morgan fingerprint density at radius 3 is 2.21 bits per heavy atom. The third-order valence-electron chi connectivity index (χ3n) is 4.64. The van der Waals surface area contributed by atoms with Gasteiger partial charge >= 0.3 is 0 Å². The summed E-state index contributed by atoms with van der Waals surface area (Å²) in [5, 5.41) is 5.70. The number of likely N-dealkylation sites (N-methyl/N-ethyl adjacent to an activating group) is 1. The molecule has 0 heterocycles. The minimum Gasteiger partial charge on any atom is -0.352 e. The first-order valence-corrected chi connectivity index (χ1v) is 9.73. The normalized spacial score (nSPS) is 10.3. The number of rotatable bonds is 8. The zero-order valence-corrected chi connectivity index (χ0v) is 17.5. The van der Waals surface area contributed by atoms with Crippen LogP contribution in [0.2, 0.25) is 0 Å². The van der Waals surface area contributed by atoms with Crippen molar-refractivity contribution >= 4 is 23.4 Å². The molecule has 6 nitrogen and oxygen atoms in total. The topological polar surface area (TPSA) is 78.5 Å². The average molecular weight is 396 g/mol. The molecule has 6 heteroatoms. The number of carbonyl (C=O) groups is 3. The second-order valence-corrected chi connectivity index (χ2v) is 7.30. The molecular weight excluding hydrogens is 366 g/mol. The van der Waals surface area contributed by atoms with Gasteiger partial charge in [0.25, 0.3) is 5.91 Å². The van der Waals surface area contributed by atoms with Crippen molar-refractivity contribution in [3.05, 3.63) is 64.7 Å². The zero-order valence-electron chi connectivity index (χ0n) is 17.5. The summed E-state index contributed by atoms with van der Waals surface area (Å²) < 4.78 is 0. The van der Waals surface area contributed by atoms with Gasteiger partial charge in [-0.1, -0.05) is 35.9 Å². The maximum atomic E-state index is 12.3. The predicted octanol–water partition coefficient (Wildman–Crippen LogP) is 3.22. The molecule has 29 heavy (non-hydrogen) atoms. The number of hydrogen-bond acceptors (Lipinski definition) is 3. The maximum absolute atomic E-state index is 12.3. The van der Waals surface area contributed by atoms with E-state index in [0.29, 0.717) is 18.5 Å². The number of hydrogen-bond donors (Lipinski definition) is 2. The predicted molar refractivity (Wildman–Crippen MR) is 115 cm³/mol. The van der Waals surface area contributed by atoms with E-state index in [1.54, 1.807) is 31.3 Å². The number of amides is 3. The molecule has 0 bridgehead atoms. The van der Waals surface area contributed by atoms with Crippen LogP contribution in [-0.4, -0.2) is 42.8 Å². The molecule has 0 saturated heterocycles. The fourth-order valence-electron chi connectivity index (χ4n) is 3.18. The quantitative estimate of drug-likeness (QED) is 0.674. The van der Waals surface area contributed by atoms with Crippen LogP contribution in [0.25, 0.3) is 0 Å². The molecule has 0 atom stereocenters. The molecule has 0 aliphatic rings. The Morgan fingerprint density at radius 2 is 1.59 bits per heavy atom. The number of aryl methyl sites for hydroxylation is 3.